The molecule has 102 valence electrons. The molecule has 20 heavy (non-hydrogen) atoms. The third-order valence-electron chi connectivity index (χ3n) is 3.40. The molecule has 0 unspecified atom stereocenters. The largest absolute Gasteiger partial charge is 0.619 e. The Labute approximate surface area is 116 Å². The van der Waals surface area contributed by atoms with Gasteiger partial charge in [0.15, 0.2) is 28.0 Å². The first-order valence-electron chi connectivity index (χ1n) is 5.99. The highest BCUT2D eigenvalue weighted by atomic mass is 32.2. The molecule has 0 amide bonds. The van der Waals surface area contributed by atoms with Gasteiger partial charge in [0.1, 0.15) is 0 Å². The average molecular weight is 289 g/mol. The number of sulfone groups is 1. The van der Waals surface area contributed by atoms with Crippen LogP contribution in [-0.4, -0.2) is 14.2 Å². The number of hydrogen-bond donors (Lipinski definition) is 0. The Morgan fingerprint density at radius 3 is 2.75 bits per heavy atom. The lowest BCUT2D eigenvalue weighted by atomic mass is 9.97. The van der Waals surface area contributed by atoms with Gasteiger partial charge in [0.2, 0.25) is 0 Å². The number of carbonyl (C=O) groups excluding carboxylic acids is 1. The second kappa shape index (κ2) is 4.14. The molecule has 0 fully saturated rings. The highest BCUT2D eigenvalue weighted by Gasteiger charge is 2.32. The monoisotopic (exact) mass is 289 g/mol. The van der Waals surface area contributed by atoms with Gasteiger partial charge in [-0.05, 0) is 18.6 Å². The number of rotatable bonds is 0. The highest BCUT2D eigenvalue weighted by molar-refractivity contribution is 7.90. The molecule has 0 spiro atoms. The van der Waals surface area contributed by atoms with Crippen molar-refractivity contribution >= 4 is 15.6 Å². The number of nitrogens with zero attached hydrogens (tertiary/aromatic N) is 1. The van der Waals surface area contributed by atoms with Gasteiger partial charge in [0.05, 0.1) is 10.6 Å². The van der Waals surface area contributed by atoms with Gasteiger partial charge in [-0.15, -0.1) is 0 Å². The summed E-state index contributed by atoms with van der Waals surface area (Å²) in [6.45, 7) is 1.70. The van der Waals surface area contributed by atoms with Gasteiger partial charge in [0.25, 0.3) is 0 Å². The van der Waals surface area contributed by atoms with E-state index in [0.29, 0.717) is 10.3 Å². The van der Waals surface area contributed by atoms with Crippen molar-refractivity contribution in [2.45, 2.75) is 17.6 Å². The summed E-state index contributed by atoms with van der Waals surface area (Å²) in [7, 11) is -3.64. The second-order valence-corrected chi connectivity index (χ2v) is 6.74. The van der Waals surface area contributed by atoms with Crippen LogP contribution in [0.2, 0.25) is 0 Å². The van der Waals surface area contributed by atoms with Gasteiger partial charge >= 0.3 is 0 Å². The van der Waals surface area contributed by atoms with E-state index in [0.717, 1.165) is 6.20 Å². The Kier molecular flexibility index (Phi) is 2.65. The molecule has 0 atom stereocenters. The van der Waals surface area contributed by atoms with E-state index in [9.17, 15) is 18.4 Å². The Morgan fingerprint density at radius 2 is 2.00 bits per heavy atom. The zero-order valence-electron chi connectivity index (χ0n) is 10.7. The van der Waals surface area contributed by atoms with Gasteiger partial charge in [-0.3, -0.25) is 4.79 Å². The Bertz CT molecular complexity index is 840. The van der Waals surface area contributed by atoms with Crippen LogP contribution in [0.1, 0.15) is 27.0 Å². The Hall–Kier alpha value is -2.21. The quantitative estimate of drug-likeness (QED) is 0.538. The minimum Gasteiger partial charge on any atom is -0.619 e. The second-order valence-electron chi connectivity index (χ2n) is 4.78. The van der Waals surface area contributed by atoms with Crippen LogP contribution in [-0.2, 0) is 15.6 Å². The first kappa shape index (κ1) is 12.8. The molecule has 6 heteroatoms. The van der Waals surface area contributed by atoms with Crippen molar-refractivity contribution < 1.29 is 17.9 Å². The molecule has 0 bridgehead atoms. The van der Waals surface area contributed by atoms with Crippen molar-refractivity contribution in [1.82, 2.24) is 0 Å². The van der Waals surface area contributed by atoms with E-state index >= 15 is 0 Å². The predicted octanol–water partition coefficient (Wildman–Crippen LogP) is 1.15. The average Bonchev–Trinajstić information content (AvgIpc) is 2.44. The molecule has 1 aliphatic rings. The van der Waals surface area contributed by atoms with Crippen molar-refractivity contribution in [3.05, 3.63) is 64.1 Å². The van der Waals surface area contributed by atoms with Crippen LogP contribution in [0.15, 0.2) is 41.6 Å². The van der Waals surface area contributed by atoms with Gasteiger partial charge in [-0.1, -0.05) is 12.1 Å². The number of aryl methyl sites for hydroxylation is 1. The third kappa shape index (κ3) is 1.80. The summed E-state index contributed by atoms with van der Waals surface area (Å²) in [6, 6.07) is 6.13. The lowest BCUT2D eigenvalue weighted by Crippen LogP contribution is -2.26. The molecular weight excluding hydrogens is 278 g/mol. The summed E-state index contributed by atoms with van der Waals surface area (Å²) >= 11 is 0. The molecule has 0 saturated carbocycles. The van der Waals surface area contributed by atoms with Crippen LogP contribution in [0, 0.1) is 12.1 Å². The van der Waals surface area contributed by atoms with E-state index in [4.69, 9.17) is 0 Å². The van der Waals surface area contributed by atoms with Crippen molar-refractivity contribution in [3.8, 4) is 0 Å². The minimum atomic E-state index is -3.64. The molecule has 5 nitrogen and oxygen atoms in total. The molecule has 0 aliphatic carbocycles. The number of fused-ring (bicyclic) bond motifs is 2. The van der Waals surface area contributed by atoms with Crippen molar-refractivity contribution in [2.24, 2.45) is 0 Å². The van der Waals surface area contributed by atoms with Crippen LogP contribution in [0.3, 0.4) is 0 Å². The molecule has 3 rings (SSSR count). The fourth-order valence-corrected chi connectivity index (χ4v) is 4.11. The van der Waals surface area contributed by atoms with Crippen molar-refractivity contribution in [2.75, 3.05) is 0 Å². The number of aromatic nitrogens is 1. The van der Waals surface area contributed by atoms with E-state index in [1.807, 2.05) is 0 Å². The van der Waals surface area contributed by atoms with Crippen LogP contribution < -0.4 is 4.73 Å². The van der Waals surface area contributed by atoms with Gasteiger partial charge in [0, 0.05) is 22.8 Å². The number of hydrogen-bond acceptors (Lipinski definition) is 4. The molecule has 1 aromatic heterocycles. The van der Waals surface area contributed by atoms with E-state index < -0.39 is 9.84 Å². The van der Waals surface area contributed by atoms with Crippen molar-refractivity contribution in [1.29, 1.82) is 0 Å². The molecule has 0 saturated heterocycles. The van der Waals surface area contributed by atoms with Gasteiger partial charge in [-0.25, -0.2) is 8.42 Å². The standard InChI is InChI=1S/C14H11NO4S/c1-9-3-2-4-12-13(9)14(16)11-5-6-15(17)7-10(11)8-20(12,18)19/h2-7H,8H2,1H3. The van der Waals surface area contributed by atoms with E-state index in [1.54, 1.807) is 19.1 Å². The maximum Gasteiger partial charge on any atom is 0.195 e. The van der Waals surface area contributed by atoms with E-state index in [1.165, 1.54) is 18.3 Å². The predicted molar refractivity (Wildman–Crippen MR) is 70.9 cm³/mol. The van der Waals surface area contributed by atoms with Crippen LogP contribution in [0.25, 0.3) is 0 Å². The smallest absolute Gasteiger partial charge is 0.195 e. The summed E-state index contributed by atoms with van der Waals surface area (Å²) in [6.07, 6.45) is 2.35. The van der Waals surface area contributed by atoms with Crippen LogP contribution >= 0.6 is 0 Å². The fraction of sp³-hybridized carbons (Fsp3) is 0.143. The molecule has 0 radical (unpaired) electrons. The Balaban J connectivity index is 2.41. The maximum absolute atomic E-state index is 12.6. The number of carbonyl (C=O) groups is 1. The molecule has 0 N–H and O–H groups in total. The van der Waals surface area contributed by atoms with Gasteiger partial charge in [-0.2, -0.15) is 4.73 Å². The van der Waals surface area contributed by atoms with E-state index in [-0.39, 0.29) is 33.1 Å². The van der Waals surface area contributed by atoms with E-state index in [2.05, 4.69) is 0 Å². The molecule has 2 heterocycles. The van der Waals surface area contributed by atoms with Gasteiger partial charge < -0.3 is 5.21 Å². The minimum absolute atomic E-state index is 0.0381. The molecule has 2 aromatic rings. The third-order valence-corrected chi connectivity index (χ3v) is 5.11. The fourth-order valence-electron chi connectivity index (χ4n) is 2.47. The first-order chi connectivity index (χ1) is 9.40. The highest BCUT2D eigenvalue weighted by Crippen LogP contribution is 2.30. The summed E-state index contributed by atoms with van der Waals surface area (Å²) in [5.41, 5.74) is 1.33. The SMILES string of the molecule is Cc1cccc2c1C(=O)c1cc[n+]([O-])cc1CS2(=O)=O. The lowest BCUT2D eigenvalue weighted by Gasteiger charge is -2.07. The summed E-state index contributed by atoms with van der Waals surface area (Å²) in [4.78, 5) is 12.6. The number of pyridine rings is 1. The summed E-state index contributed by atoms with van der Waals surface area (Å²) in [5.74, 6) is -0.692. The van der Waals surface area contributed by atoms with Crippen molar-refractivity contribution in [3.63, 3.8) is 0 Å². The topological polar surface area (TPSA) is 78.2 Å². The zero-order chi connectivity index (χ0) is 14.5. The van der Waals surface area contributed by atoms with Crippen LogP contribution in [0.4, 0.5) is 0 Å². The molecular formula is C14H11NO4S. The molecule has 1 aliphatic heterocycles. The van der Waals surface area contributed by atoms with Crippen LogP contribution in [0.5, 0.6) is 0 Å². The summed E-state index contributed by atoms with van der Waals surface area (Å²) in [5, 5.41) is 11.3. The lowest BCUT2D eigenvalue weighted by molar-refractivity contribution is -0.605. The zero-order valence-corrected chi connectivity index (χ0v) is 11.5. The normalized spacial score (nSPS) is 16.1. The first-order valence-corrected chi connectivity index (χ1v) is 7.64. The molecule has 1 aromatic carbocycles. The summed E-state index contributed by atoms with van der Waals surface area (Å²) < 4.78 is 25.3. The number of ketones is 1. The maximum atomic E-state index is 12.6. The Morgan fingerprint density at radius 1 is 1.25 bits per heavy atom. The number of benzene rings is 1.